The van der Waals surface area contributed by atoms with E-state index >= 15 is 0 Å². The number of likely N-dealkylation sites (N-methyl/N-ethyl adjacent to an activating group) is 1. The zero-order valence-corrected chi connectivity index (χ0v) is 15.1. The van der Waals surface area contributed by atoms with Crippen molar-refractivity contribution < 1.29 is 13.9 Å². The van der Waals surface area contributed by atoms with Crippen LogP contribution < -0.4 is 0 Å². The number of aryl methyl sites for hydroxylation is 2. The van der Waals surface area contributed by atoms with E-state index in [2.05, 4.69) is 14.8 Å². The molecule has 2 aliphatic rings. The van der Waals surface area contributed by atoms with E-state index in [-0.39, 0.29) is 18.1 Å². The van der Waals surface area contributed by atoms with Crippen LogP contribution in [0.5, 0.6) is 0 Å². The number of hydrogen-bond acceptors (Lipinski definition) is 6. The van der Waals surface area contributed by atoms with Gasteiger partial charge in [0.2, 0.25) is 11.8 Å². The van der Waals surface area contributed by atoms with E-state index in [1.807, 2.05) is 25.8 Å². The number of carbonyl (C=O) groups is 1. The zero-order chi connectivity index (χ0) is 17.3. The molecular weight excluding hydrogens is 308 g/mol. The normalized spacial score (nSPS) is 26.2. The van der Waals surface area contributed by atoms with Gasteiger partial charge in [0.05, 0.1) is 24.4 Å². The third-order valence-electron chi connectivity index (χ3n) is 5.24. The maximum absolute atomic E-state index is 12.8. The molecule has 0 spiro atoms. The molecule has 0 N–H and O–H groups in total. The largest absolute Gasteiger partial charge is 0.444 e. The number of amides is 1. The summed E-state index contributed by atoms with van der Waals surface area (Å²) in [4.78, 5) is 23.6. The second-order valence-corrected chi connectivity index (χ2v) is 6.90. The Kier molecular flexibility index (Phi) is 5.22. The van der Waals surface area contributed by atoms with Gasteiger partial charge in [-0.25, -0.2) is 4.98 Å². The van der Waals surface area contributed by atoms with E-state index in [4.69, 9.17) is 9.15 Å². The molecule has 1 aromatic heterocycles. The number of methoxy groups -OCH3 is 1. The van der Waals surface area contributed by atoms with Crippen molar-refractivity contribution in [2.45, 2.75) is 39.0 Å². The monoisotopic (exact) mass is 336 g/mol. The summed E-state index contributed by atoms with van der Waals surface area (Å²) in [7, 11) is 3.72. The molecule has 2 fully saturated rings. The minimum absolute atomic E-state index is 0.0430. The van der Waals surface area contributed by atoms with Gasteiger partial charge >= 0.3 is 0 Å². The lowest BCUT2D eigenvalue weighted by Crippen LogP contribution is -2.52. The van der Waals surface area contributed by atoms with Crippen molar-refractivity contribution in [3.8, 4) is 0 Å². The SMILES string of the molecule is CO[C@H]1C[C@@H](C(=O)N2CCN(Cc3nc(C)c(C)o3)CC2)N(C)C1. The molecule has 0 aromatic carbocycles. The number of oxazole rings is 1. The highest BCUT2D eigenvalue weighted by molar-refractivity contribution is 5.82. The highest BCUT2D eigenvalue weighted by Crippen LogP contribution is 2.21. The van der Waals surface area contributed by atoms with Crippen molar-refractivity contribution in [3.63, 3.8) is 0 Å². The van der Waals surface area contributed by atoms with Crippen molar-refractivity contribution in [3.05, 3.63) is 17.3 Å². The molecule has 2 atom stereocenters. The fraction of sp³-hybridized carbons (Fsp3) is 0.765. The number of aromatic nitrogens is 1. The van der Waals surface area contributed by atoms with Gasteiger partial charge in [-0.15, -0.1) is 0 Å². The molecule has 1 aromatic rings. The van der Waals surface area contributed by atoms with E-state index in [0.29, 0.717) is 6.54 Å². The van der Waals surface area contributed by atoms with Gasteiger partial charge in [-0.2, -0.15) is 0 Å². The number of likely N-dealkylation sites (tertiary alicyclic amines) is 1. The number of rotatable bonds is 4. The Bertz CT molecular complexity index is 561. The van der Waals surface area contributed by atoms with Gasteiger partial charge in [-0.3, -0.25) is 14.6 Å². The molecule has 3 heterocycles. The highest BCUT2D eigenvalue weighted by atomic mass is 16.5. The Hall–Kier alpha value is -1.44. The highest BCUT2D eigenvalue weighted by Gasteiger charge is 2.37. The Morgan fingerprint density at radius 3 is 2.54 bits per heavy atom. The number of carbonyl (C=O) groups excluding carboxylic acids is 1. The minimum Gasteiger partial charge on any atom is -0.444 e. The summed E-state index contributed by atoms with van der Waals surface area (Å²) in [5.41, 5.74) is 0.954. The first-order chi connectivity index (χ1) is 11.5. The second-order valence-electron chi connectivity index (χ2n) is 6.90. The Morgan fingerprint density at radius 2 is 2.00 bits per heavy atom. The number of nitrogens with zero attached hydrogens (tertiary/aromatic N) is 4. The van der Waals surface area contributed by atoms with Crippen LogP contribution in [0.1, 0.15) is 23.8 Å². The maximum Gasteiger partial charge on any atom is 0.240 e. The van der Waals surface area contributed by atoms with Crippen LogP contribution in [0.25, 0.3) is 0 Å². The fourth-order valence-electron chi connectivity index (χ4n) is 3.55. The molecule has 0 radical (unpaired) electrons. The first-order valence-electron chi connectivity index (χ1n) is 8.65. The number of hydrogen-bond donors (Lipinski definition) is 0. The van der Waals surface area contributed by atoms with Gasteiger partial charge < -0.3 is 14.1 Å². The molecule has 0 unspecified atom stereocenters. The van der Waals surface area contributed by atoms with Crippen LogP contribution >= 0.6 is 0 Å². The zero-order valence-electron chi connectivity index (χ0n) is 15.1. The lowest BCUT2D eigenvalue weighted by molar-refractivity contribution is -0.137. The van der Waals surface area contributed by atoms with Crippen LogP contribution in [0.15, 0.2) is 4.42 Å². The topological polar surface area (TPSA) is 62.1 Å². The lowest BCUT2D eigenvalue weighted by Gasteiger charge is -2.36. The summed E-state index contributed by atoms with van der Waals surface area (Å²) in [5, 5.41) is 0. The van der Waals surface area contributed by atoms with Crippen LogP contribution in [0.4, 0.5) is 0 Å². The van der Waals surface area contributed by atoms with E-state index in [9.17, 15) is 4.79 Å². The predicted octanol–water partition coefficient (Wildman–Crippen LogP) is 0.655. The summed E-state index contributed by atoms with van der Waals surface area (Å²) in [6.07, 6.45) is 0.961. The van der Waals surface area contributed by atoms with Crippen LogP contribution in [-0.2, 0) is 16.1 Å². The van der Waals surface area contributed by atoms with Crippen LogP contribution in [-0.4, -0.2) is 84.6 Å². The fourth-order valence-corrected chi connectivity index (χ4v) is 3.55. The summed E-state index contributed by atoms with van der Waals surface area (Å²) >= 11 is 0. The van der Waals surface area contributed by atoms with Gasteiger partial charge in [0, 0.05) is 39.8 Å². The number of ether oxygens (including phenoxy) is 1. The first-order valence-corrected chi connectivity index (χ1v) is 8.65. The lowest BCUT2D eigenvalue weighted by atomic mass is 10.1. The van der Waals surface area contributed by atoms with Crippen LogP contribution in [0.2, 0.25) is 0 Å². The average Bonchev–Trinajstić information content (AvgIpc) is 3.09. The van der Waals surface area contributed by atoms with Crippen molar-refractivity contribution in [1.29, 1.82) is 0 Å². The molecule has 7 heteroatoms. The average molecular weight is 336 g/mol. The van der Waals surface area contributed by atoms with Gasteiger partial charge in [-0.1, -0.05) is 0 Å². The van der Waals surface area contributed by atoms with Gasteiger partial charge in [-0.05, 0) is 27.3 Å². The van der Waals surface area contributed by atoms with Gasteiger partial charge in [0.25, 0.3) is 0 Å². The smallest absolute Gasteiger partial charge is 0.240 e. The Balaban J connectivity index is 1.50. The van der Waals surface area contributed by atoms with Gasteiger partial charge in [0.1, 0.15) is 5.76 Å². The molecule has 3 rings (SSSR count). The predicted molar refractivity (Wildman–Crippen MR) is 89.7 cm³/mol. The first kappa shape index (κ1) is 17.4. The molecule has 7 nitrogen and oxygen atoms in total. The van der Waals surface area contributed by atoms with E-state index in [1.165, 1.54) is 0 Å². The molecule has 2 aliphatic heterocycles. The Morgan fingerprint density at radius 1 is 1.29 bits per heavy atom. The van der Waals surface area contributed by atoms with E-state index in [0.717, 1.165) is 56.5 Å². The minimum atomic E-state index is -0.0430. The third kappa shape index (κ3) is 3.63. The molecule has 0 bridgehead atoms. The molecule has 0 saturated carbocycles. The van der Waals surface area contributed by atoms with Gasteiger partial charge in [0.15, 0.2) is 0 Å². The van der Waals surface area contributed by atoms with Crippen LogP contribution in [0, 0.1) is 13.8 Å². The van der Waals surface area contributed by atoms with Crippen molar-refractivity contribution in [2.24, 2.45) is 0 Å². The molecule has 0 aliphatic carbocycles. The quantitative estimate of drug-likeness (QED) is 0.805. The molecule has 24 heavy (non-hydrogen) atoms. The Labute approximate surface area is 143 Å². The summed E-state index contributed by atoms with van der Waals surface area (Å²) in [6, 6.07) is -0.0430. The van der Waals surface area contributed by atoms with E-state index in [1.54, 1.807) is 7.11 Å². The van der Waals surface area contributed by atoms with Crippen LogP contribution in [0.3, 0.4) is 0 Å². The molecule has 2 saturated heterocycles. The standard InChI is InChI=1S/C17H28N4O3/c1-12-13(2)24-16(18-12)11-20-5-7-21(8-6-20)17(22)15-9-14(23-4)10-19(15)3/h14-15H,5-11H2,1-4H3/t14-,15-/m0/s1. The van der Waals surface area contributed by atoms with Crippen molar-refractivity contribution in [2.75, 3.05) is 46.9 Å². The third-order valence-corrected chi connectivity index (χ3v) is 5.24. The van der Waals surface area contributed by atoms with E-state index < -0.39 is 0 Å². The summed E-state index contributed by atoms with van der Waals surface area (Å²) in [6.45, 7) is 8.69. The summed E-state index contributed by atoms with van der Waals surface area (Å²) < 4.78 is 11.1. The molecular formula is C17H28N4O3. The molecule has 1 amide bonds. The van der Waals surface area contributed by atoms with Crippen molar-refractivity contribution in [1.82, 2.24) is 19.7 Å². The maximum atomic E-state index is 12.8. The molecule has 134 valence electrons. The number of piperazine rings is 1. The summed E-state index contributed by atoms with van der Waals surface area (Å²) in [5.74, 6) is 1.89. The second kappa shape index (κ2) is 7.21. The van der Waals surface area contributed by atoms with Crippen molar-refractivity contribution >= 4 is 5.91 Å².